The Balaban J connectivity index is 2.09. The maximum Gasteiger partial charge on any atom is 0.409 e. The van der Waals surface area contributed by atoms with E-state index in [1.807, 2.05) is 0 Å². The van der Waals surface area contributed by atoms with Gasteiger partial charge in [0.05, 0.1) is 19.3 Å². The van der Waals surface area contributed by atoms with E-state index >= 15 is 0 Å². The zero-order valence-corrected chi connectivity index (χ0v) is 14.1. The minimum atomic E-state index is -0.331. The Morgan fingerprint density at radius 3 is 2.57 bits per heavy atom. The van der Waals surface area contributed by atoms with Gasteiger partial charge in [0.15, 0.2) is 0 Å². The molecule has 0 bridgehead atoms. The van der Waals surface area contributed by atoms with Gasteiger partial charge in [-0.05, 0) is 31.5 Å². The number of rotatable bonds is 3. The summed E-state index contributed by atoms with van der Waals surface area (Å²) in [4.78, 5) is 27.9. The first-order chi connectivity index (χ1) is 11.1. The van der Waals surface area contributed by atoms with Gasteiger partial charge in [-0.15, -0.1) is 0 Å². The van der Waals surface area contributed by atoms with Gasteiger partial charge in [-0.3, -0.25) is 4.79 Å². The van der Waals surface area contributed by atoms with Crippen LogP contribution in [0.15, 0.2) is 18.2 Å². The molecule has 1 aromatic carbocycles. The van der Waals surface area contributed by atoms with Crippen molar-refractivity contribution < 1.29 is 19.1 Å². The lowest BCUT2D eigenvalue weighted by molar-refractivity contribution is 0.0750. The summed E-state index contributed by atoms with van der Waals surface area (Å²) in [6, 6.07) is 4.97. The van der Waals surface area contributed by atoms with Crippen LogP contribution in [0, 0.1) is 0 Å². The fourth-order valence-electron chi connectivity index (χ4n) is 2.54. The van der Waals surface area contributed by atoms with Crippen molar-refractivity contribution in [3.63, 3.8) is 0 Å². The highest BCUT2D eigenvalue weighted by Crippen LogP contribution is 2.24. The summed E-state index contributed by atoms with van der Waals surface area (Å²) >= 11 is 5.99. The summed E-state index contributed by atoms with van der Waals surface area (Å²) in [5, 5.41) is 0.483. The lowest BCUT2D eigenvalue weighted by Crippen LogP contribution is -2.37. The molecule has 0 aromatic heterocycles. The molecule has 1 aliphatic rings. The van der Waals surface area contributed by atoms with E-state index in [0.717, 1.165) is 0 Å². The van der Waals surface area contributed by atoms with Crippen molar-refractivity contribution in [3.05, 3.63) is 28.8 Å². The predicted octanol–water partition coefficient (Wildman–Crippen LogP) is 2.65. The first-order valence-corrected chi connectivity index (χ1v) is 7.99. The molecule has 1 fully saturated rings. The third-order valence-corrected chi connectivity index (χ3v) is 3.94. The molecule has 0 saturated carbocycles. The number of carbonyl (C=O) groups excluding carboxylic acids is 2. The summed E-state index contributed by atoms with van der Waals surface area (Å²) in [7, 11) is 1.52. The Hall–Kier alpha value is -1.95. The lowest BCUT2D eigenvalue weighted by atomic mass is 10.1. The van der Waals surface area contributed by atoms with Crippen LogP contribution in [0.4, 0.5) is 4.79 Å². The summed E-state index contributed by atoms with van der Waals surface area (Å²) in [5.41, 5.74) is 0.435. The SMILES string of the molecule is CCOC(=O)N1CCCN(C(=O)c2cc(Cl)ccc2OC)CC1. The Morgan fingerprint density at radius 1 is 1.17 bits per heavy atom. The molecule has 7 heteroatoms. The number of carbonyl (C=O) groups is 2. The molecule has 0 radical (unpaired) electrons. The van der Waals surface area contributed by atoms with Crippen LogP contribution in [-0.2, 0) is 4.74 Å². The number of amides is 2. The zero-order valence-electron chi connectivity index (χ0n) is 13.4. The Morgan fingerprint density at radius 2 is 1.87 bits per heavy atom. The van der Waals surface area contributed by atoms with E-state index in [0.29, 0.717) is 55.5 Å². The van der Waals surface area contributed by atoms with E-state index in [1.54, 1.807) is 34.9 Å². The summed E-state index contributed by atoms with van der Waals surface area (Å²) < 4.78 is 10.3. The summed E-state index contributed by atoms with van der Waals surface area (Å²) in [5.74, 6) is 0.348. The molecule has 0 spiro atoms. The van der Waals surface area contributed by atoms with Crippen molar-refractivity contribution in [2.75, 3.05) is 39.9 Å². The van der Waals surface area contributed by atoms with E-state index in [-0.39, 0.29) is 12.0 Å². The number of hydrogen-bond acceptors (Lipinski definition) is 4. The molecule has 1 aromatic rings. The number of nitrogens with zero attached hydrogens (tertiary/aromatic N) is 2. The topological polar surface area (TPSA) is 59.1 Å². The molecule has 6 nitrogen and oxygen atoms in total. The smallest absolute Gasteiger partial charge is 0.409 e. The van der Waals surface area contributed by atoms with Crippen molar-refractivity contribution in [3.8, 4) is 5.75 Å². The number of halogens is 1. The van der Waals surface area contributed by atoms with Gasteiger partial charge in [-0.2, -0.15) is 0 Å². The average Bonchev–Trinajstić information content (AvgIpc) is 2.80. The molecule has 2 rings (SSSR count). The van der Waals surface area contributed by atoms with E-state index in [9.17, 15) is 9.59 Å². The fraction of sp³-hybridized carbons (Fsp3) is 0.500. The standard InChI is InChI=1S/C16H21ClN2O4/c1-3-23-16(21)19-8-4-7-18(9-10-19)15(20)13-11-12(17)5-6-14(13)22-2/h5-6,11H,3-4,7-10H2,1-2H3. The zero-order chi connectivity index (χ0) is 16.8. The molecule has 1 saturated heterocycles. The van der Waals surface area contributed by atoms with Crippen molar-refractivity contribution in [2.45, 2.75) is 13.3 Å². The third kappa shape index (κ3) is 4.28. The largest absolute Gasteiger partial charge is 0.496 e. The van der Waals surface area contributed by atoms with Crippen LogP contribution >= 0.6 is 11.6 Å². The van der Waals surface area contributed by atoms with Gasteiger partial charge in [0, 0.05) is 31.2 Å². The first kappa shape index (κ1) is 17.4. The van der Waals surface area contributed by atoms with E-state index < -0.39 is 0 Å². The third-order valence-electron chi connectivity index (χ3n) is 3.70. The molecular formula is C16H21ClN2O4. The molecule has 0 aliphatic carbocycles. The van der Waals surface area contributed by atoms with E-state index in [4.69, 9.17) is 21.1 Å². The van der Waals surface area contributed by atoms with Crippen molar-refractivity contribution in [1.29, 1.82) is 0 Å². The van der Waals surface area contributed by atoms with Crippen molar-refractivity contribution in [1.82, 2.24) is 9.80 Å². The molecule has 2 amide bonds. The Labute approximate surface area is 140 Å². The second-order valence-corrected chi connectivity index (χ2v) is 5.61. The van der Waals surface area contributed by atoms with Gasteiger partial charge in [-0.1, -0.05) is 11.6 Å². The van der Waals surface area contributed by atoms with Gasteiger partial charge in [0.25, 0.3) is 5.91 Å². The summed E-state index contributed by atoms with van der Waals surface area (Å²) in [6.45, 7) is 4.18. The predicted molar refractivity (Wildman–Crippen MR) is 87.1 cm³/mol. The van der Waals surface area contributed by atoms with E-state index in [1.165, 1.54) is 7.11 Å². The molecule has 0 atom stereocenters. The highest BCUT2D eigenvalue weighted by atomic mass is 35.5. The second-order valence-electron chi connectivity index (χ2n) is 5.18. The van der Waals surface area contributed by atoms with Crippen LogP contribution < -0.4 is 4.74 Å². The van der Waals surface area contributed by atoms with Gasteiger partial charge in [0.2, 0.25) is 0 Å². The highest BCUT2D eigenvalue weighted by molar-refractivity contribution is 6.31. The molecule has 0 unspecified atom stereocenters. The van der Waals surface area contributed by atoms with Crippen molar-refractivity contribution in [2.24, 2.45) is 0 Å². The Bertz CT molecular complexity index is 579. The first-order valence-electron chi connectivity index (χ1n) is 7.61. The molecule has 1 aliphatic heterocycles. The second kappa shape index (κ2) is 8.06. The molecular weight excluding hydrogens is 320 g/mol. The Kier molecular flexibility index (Phi) is 6.10. The van der Waals surface area contributed by atoms with Crippen LogP contribution in [0.2, 0.25) is 5.02 Å². The molecule has 1 heterocycles. The van der Waals surface area contributed by atoms with Crippen LogP contribution in [0.25, 0.3) is 0 Å². The highest BCUT2D eigenvalue weighted by Gasteiger charge is 2.25. The number of hydrogen-bond donors (Lipinski definition) is 0. The van der Waals surface area contributed by atoms with Crippen molar-refractivity contribution >= 4 is 23.6 Å². The quantitative estimate of drug-likeness (QED) is 0.848. The fourth-order valence-corrected chi connectivity index (χ4v) is 2.71. The average molecular weight is 341 g/mol. The van der Waals surface area contributed by atoms with Crippen LogP contribution in [0.3, 0.4) is 0 Å². The number of benzene rings is 1. The van der Waals surface area contributed by atoms with Crippen LogP contribution in [-0.4, -0.2) is 61.7 Å². The maximum absolute atomic E-state index is 12.7. The van der Waals surface area contributed by atoms with Crippen LogP contribution in [0.1, 0.15) is 23.7 Å². The molecule has 23 heavy (non-hydrogen) atoms. The monoisotopic (exact) mass is 340 g/mol. The minimum Gasteiger partial charge on any atom is -0.496 e. The molecule has 126 valence electrons. The number of ether oxygens (including phenoxy) is 2. The molecule has 0 N–H and O–H groups in total. The summed E-state index contributed by atoms with van der Waals surface area (Å²) in [6.07, 6.45) is 0.370. The normalized spacial score (nSPS) is 15.1. The number of methoxy groups -OCH3 is 1. The maximum atomic E-state index is 12.7. The minimum absolute atomic E-state index is 0.143. The van der Waals surface area contributed by atoms with Gasteiger partial charge < -0.3 is 19.3 Å². The van der Waals surface area contributed by atoms with Crippen LogP contribution in [0.5, 0.6) is 5.75 Å². The van der Waals surface area contributed by atoms with E-state index in [2.05, 4.69) is 0 Å². The lowest BCUT2D eigenvalue weighted by Gasteiger charge is -2.22. The van der Waals surface area contributed by atoms with Gasteiger partial charge in [0.1, 0.15) is 5.75 Å². The van der Waals surface area contributed by atoms with Gasteiger partial charge in [-0.25, -0.2) is 4.79 Å². The van der Waals surface area contributed by atoms with Gasteiger partial charge >= 0.3 is 6.09 Å².